The van der Waals surface area contributed by atoms with Gasteiger partial charge < -0.3 is 15.5 Å². The van der Waals surface area contributed by atoms with E-state index in [1.54, 1.807) is 6.07 Å². The molecule has 178 valence electrons. The molecule has 2 aromatic rings. The molecular weight excluding hydrogens is 454 g/mol. The van der Waals surface area contributed by atoms with E-state index in [1.165, 1.54) is 43.9 Å². The number of carbonyl (C=O) groups excluding carboxylic acids is 2. The molecule has 3 rings (SSSR count). The van der Waals surface area contributed by atoms with E-state index >= 15 is 0 Å². The molecule has 1 aliphatic rings. The van der Waals surface area contributed by atoms with Crippen LogP contribution in [0.15, 0.2) is 53.4 Å². The maximum Gasteiger partial charge on any atom is 0.252 e. The highest BCUT2D eigenvalue weighted by atomic mass is 35.5. The van der Waals surface area contributed by atoms with Gasteiger partial charge in [-0.2, -0.15) is 0 Å². The molecule has 1 aliphatic carbocycles. The first-order chi connectivity index (χ1) is 16.0. The van der Waals surface area contributed by atoms with E-state index < -0.39 is 0 Å². The molecule has 2 aromatic carbocycles. The normalized spacial score (nSPS) is 15.3. The molecule has 0 unspecified atom stereocenters. The van der Waals surface area contributed by atoms with Crippen LogP contribution in [0, 0.1) is 5.92 Å². The van der Waals surface area contributed by atoms with E-state index in [0.717, 1.165) is 17.0 Å². The van der Waals surface area contributed by atoms with Crippen molar-refractivity contribution in [1.29, 1.82) is 0 Å². The number of halogens is 1. The first kappa shape index (κ1) is 25.6. The van der Waals surface area contributed by atoms with Gasteiger partial charge in [0.2, 0.25) is 5.91 Å². The van der Waals surface area contributed by atoms with Gasteiger partial charge in [-0.3, -0.25) is 9.59 Å². The lowest BCUT2D eigenvalue weighted by Gasteiger charge is -2.26. The summed E-state index contributed by atoms with van der Waals surface area (Å²) in [6.45, 7) is 1.19. The Morgan fingerprint density at radius 3 is 2.45 bits per heavy atom. The number of likely N-dealkylation sites (N-methyl/N-ethyl adjacent to an activating group) is 1. The lowest BCUT2D eigenvalue weighted by molar-refractivity contribution is -0.118. The second-order valence-electron chi connectivity index (χ2n) is 8.80. The van der Waals surface area contributed by atoms with Gasteiger partial charge in [-0.05, 0) is 56.6 Å². The molecule has 1 atom stereocenters. The number of thioether (sulfide) groups is 1. The standard InChI is InChI=1S/C26H34ClN3O2S/c1-30(2)23(20-12-6-8-14-22(20)27)17-29-26(32)21-13-7-9-15-24(21)33-18-25(31)28-16-19-10-4-3-5-11-19/h6-9,12-15,19,23H,3-5,10-11,16-18H2,1-2H3,(H,28,31)(H,29,32)/t23-/m0/s1. The second-order valence-corrected chi connectivity index (χ2v) is 10.2. The van der Waals surface area contributed by atoms with Crippen LogP contribution in [0.3, 0.4) is 0 Å². The minimum Gasteiger partial charge on any atom is -0.355 e. The minimum atomic E-state index is -0.153. The first-order valence-electron chi connectivity index (χ1n) is 11.6. The lowest BCUT2D eigenvalue weighted by Crippen LogP contribution is -2.35. The Balaban J connectivity index is 1.55. The fourth-order valence-electron chi connectivity index (χ4n) is 4.22. The summed E-state index contributed by atoms with van der Waals surface area (Å²) >= 11 is 7.79. The number of nitrogens with one attached hydrogen (secondary N) is 2. The van der Waals surface area contributed by atoms with Crippen LogP contribution >= 0.6 is 23.4 Å². The second kappa shape index (κ2) is 13.0. The highest BCUT2D eigenvalue weighted by Crippen LogP contribution is 2.27. The molecule has 0 aliphatic heterocycles. The third-order valence-corrected chi connectivity index (χ3v) is 7.56. The molecule has 2 N–H and O–H groups in total. The third kappa shape index (κ3) is 7.76. The predicted molar refractivity (Wildman–Crippen MR) is 137 cm³/mol. The summed E-state index contributed by atoms with van der Waals surface area (Å²) in [5, 5.41) is 6.80. The van der Waals surface area contributed by atoms with Crippen molar-refractivity contribution in [1.82, 2.24) is 15.5 Å². The summed E-state index contributed by atoms with van der Waals surface area (Å²) in [5.74, 6) is 0.775. The predicted octanol–water partition coefficient (Wildman–Crippen LogP) is 5.16. The smallest absolute Gasteiger partial charge is 0.252 e. The van der Waals surface area contributed by atoms with Crippen molar-refractivity contribution >= 4 is 35.2 Å². The van der Waals surface area contributed by atoms with Crippen LogP contribution in [0.2, 0.25) is 5.02 Å². The van der Waals surface area contributed by atoms with Gasteiger partial charge in [0.1, 0.15) is 0 Å². The zero-order chi connectivity index (χ0) is 23.6. The van der Waals surface area contributed by atoms with Crippen molar-refractivity contribution in [3.05, 3.63) is 64.7 Å². The van der Waals surface area contributed by atoms with Gasteiger partial charge in [-0.1, -0.05) is 61.2 Å². The maximum atomic E-state index is 13.0. The van der Waals surface area contributed by atoms with Crippen molar-refractivity contribution in [2.45, 2.75) is 43.0 Å². The van der Waals surface area contributed by atoms with E-state index in [1.807, 2.05) is 61.5 Å². The first-order valence-corrected chi connectivity index (χ1v) is 13.0. The summed E-state index contributed by atoms with van der Waals surface area (Å²) in [6.07, 6.45) is 6.26. The Morgan fingerprint density at radius 2 is 1.73 bits per heavy atom. The van der Waals surface area contributed by atoms with Gasteiger partial charge >= 0.3 is 0 Å². The van der Waals surface area contributed by atoms with E-state index in [-0.39, 0.29) is 17.9 Å². The summed E-state index contributed by atoms with van der Waals surface area (Å²) in [6, 6.07) is 15.1. The zero-order valence-electron chi connectivity index (χ0n) is 19.5. The zero-order valence-corrected chi connectivity index (χ0v) is 21.1. The Morgan fingerprint density at radius 1 is 1.03 bits per heavy atom. The van der Waals surface area contributed by atoms with Gasteiger partial charge in [0.05, 0.1) is 17.4 Å². The van der Waals surface area contributed by atoms with Crippen molar-refractivity contribution < 1.29 is 9.59 Å². The Bertz CT molecular complexity index is 931. The van der Waals surface area contributed by atoms with Crippen LogP contribution in [0.4, 0.5) is 0 Å². The molecule has 33 heavy (non-hydrogen) atoms. The SMILES string of the molecule is CN(C)[C@@H](CNC(=O)c1ccccc1SCC(=O)NCC1CCCCC1)c1ccccc1Cl. The number of hydrogen-bond acceptors (Lipinski definition) is 4. The fraction of sp³-hybridized carbons (Fsp3) is 0.462. The Labute approximate surface area is 206 Å². The van der Waals surface area contributed by atoms with Crippen molar-refractivity contribution in [3.63, 3.8) is 0 Å². The van der Waals surface area contributed by atoms with Crippen LogP contribution in [0.1, 0.15) is 54.1 Å². The van der Waals surface area contributed by atoms with Gasteiger partial charge in [0, 0.05) is 23.0 Å². The molecular formula is C26H34ClN3O2S. The summed E-state index contributed by atoms with van der Waals surface area (Å²) in [5.41, 5.74) is 1.56. The van der Waals surface area contributed by atoms with Gasteiger partial charge in [0.25, 0.3) is 5.91 Å². The minimum absolute atomic E-state index is 0.0205. The number of rotatable bonds is 10. The Kier molecular flexibility index (Phi) is 10.1. The van der Waals surface area contributed by atoms with Gasteiger partial charge in [-0.15, -0.1) is 11.8 Å². The quantitative estimate of drug-likeness (QED) is 0.454. The molecule has 2 amide bonds. The van der Waals surface area contributed by atoms with Crippen molar-refractivity contribution in [2.24, 2.45) is 5.92 Å². The van der Waals surface area contributed by atoms with E-state index in [2.05, 4.69) is 10.6 Å². The molecule has 0 radical (unpaired) electrons. The number of carbonyl (C=O) groups is 2. The van der Waals surface area contributed by atoms with Crippen LogP contribution in [-0.2, 0) is 4.79 Å². The maximum absolute atomic E-state index is 13.0. The average molecular weight is 488 g/mol. The molecule has 7 heteroatoms. The topological polar surface area (TPSA) is 61.4 Å². The van der Waals surface area contributed by atoms with Gasteiger partial charge in [0.15, 0.2) is 0 Å². The van der Waals surface area contributed by atoms with Crippen molar-refractivity contribution in [3.8, 4) is 0 Å². The highest BCUT2D eigenvalue weighted by molar-refractivity contribution is 8.00. The average Bonchev–Trinajstić information content (AvgIpc) is 2.83. The van der Waals surface area contributed by atoms with Crippen LogP contribution in [-0.4, -0.2) is 49.7 Å². The molecule has 0 spiro atoms. The summed E-state index contributed by atoms with van der Waals surface area (Å²) in [7, 11) is 3.94. The lowest BCUT2D eigenvalue weighted by atomic mass is 9.89. The van der Waals surface area contributed by atoms with E-state index in [0.29, 0.717) is 28.8 Å². The molecule has 0 bridgehead atoms. The van der Waals surface area contributed by atoms with Crippen LogP contribution in [0.5, 0.6) is 0 Å². The van der Waals surface area contributed by atoms with Crippen molar-refractivity contribution in [2.75, 3.05) is 32.9 Å². The summed E-state index contributed by atoms with van der Waals surface area (Å²) in [4.78, 5) is 28.2. The monoisotopic (exact) mass is 487 g/mol. The van der Waals surface area contributed by atoms with E-state index in [4.69, 9.17) is 11.6 Å². The van der Waals surface area contributed by atoms with Crippen LogP contribution in [0.25, 0.3) is 0 Å². The summed E-state index contributed by atoms with van der Waals surface area (Å²) < 4.78 is 0. The largest absolute Gasteiger partial charge is 0.355 e. The fourth-order valence-corrected chi connectivity index (χ4v) is 5.37. The number of benzene rings is 2. The van der Waals surface area contributed by atoms with Crippen LogP contribution < -0.4 is 10.6 Å². The van der Waals surface area contributed by atoms with E-state index in [9.17, 15) is 9.59 Å². The molecule has 0 aromatic heterocycles. The molecule has 1 fully saturated rings. The number of amides is 2. The number of nitrogens with zero attached hydrogens (tertiary/aromatic N) is 1. The highest BCUT2D eigenvalue weighted by Gasteiger charge is 2.20. The molecule has 5 nitrogen and oxygen atoms in total. The molecule has 0 saturated heterocycles. The molecule has 0 heterocycles. The number of hydrogen-bond donors (Lipinski definition) is 2. The third-order valence-electron chi connectivity index (χ3n) is 6.15. The Hall–Kier alpha value is -2.02. The van der Waals surface area contributed by atoms with Gasteiger partial charge in [-0.25, -0.2) is 0 Å². The molecule has 1 saturated carbocycles.